The Kier molecular flexibility index (Phi) is 6.00. The van der Waals surface area contributed by atoms with Crippen molar-refractivity contribution >= 4 is 23.7 Å². The Bertz CT molecular complexity index is 717. The first-order valence-electron chi connectivity index (χ1n) is 7.04. The molecule has 0 saturated heterocycles. The van der Waals surface area contributed by atoms with Crippen molar-refractivity contribution in [3.63, 3.8) is 0 Å². The Morgan fingerprint density at radius 3 is 2.74 bits per heavy atom. The first kappa shape index (κ1) is 16.8. The van der Waals surface area contributed by atoms with Gasteiger partial charge in [-0.3, -0.25) is 4.79 Å². The second-order valence-corrected chi connectivity index (χ2v) is 4.93. The average molecular weight is 333 g/mol. The third-order valence-corrected chi connectivity index (χ3v) is 3.32. The Morgan fingerprint density at radius 2 is 2.04 bits per heavy atom. The van der Waals surface area contributed by atoms with Gasteiger partial charge in [-0.05, 0) is 42.8 Å². The van der Waals surface area contributed by atoms with Gasteiger partial charge in [0.15, 0.2) is 11.5 Å². The zero-order chi connectivity index (χ0) is 16.7. The number of halogens is 1. The lowest BCUT2D eigenvalue weighted by Crippen LogP contribution is -2.17. The number of ether oxygens (including phenoxy) is 2. The maximum atomic E-state index is 12.0. The van der Waals surface area contributed by atoms with Crippen molar-refractivity contribution in [3.05, 3.63) is 58.6 Å². The fourth-order valence-electron chi connectivity index (χ4n) is 1.91. The van der Waals surface area contributed by atoms with Gasteiger partial charge in [-0.2, -0.15) is 5.10 Å². The molecule has 6 heteroatoms. The second-order valence-electron chi connectivity index (χ2n) is 4.52. The summed E-state index contributed by atoms with van der Waals surface area (Å²) < 4.78 is 10.7. The van der Waals surface area contributed by atoms with E-state index >= 15 is 0 Å². The summed E-state index contributed by atoms with van der Waals surface area (Å²) in [6.07, 6.45) is 1.52. The number of carbonyl (C=O) groups excluding carboxylic acids is 1. The van der Waals surface area contributed by atoms with Crippen LogP contribution in [0, 0.1) is 0 Å². The highest BCUT2D eigenvalue weighted by Gasteiger charge is 2.08. The molecule has 0 aliphatic carbocycles. The summed E-state index contributed by atoms with van der Waals surface area (Å²) in [5.74, 6) is 0.894. The van der Waals surface area contributed by atoms with E-state index in [0.717, 1.165) is 5.56 Å². The first-order chi connectivity index (χ1) is 11.2. The second kappa shape index (κ2) is 8.19. The van der Waals surface area contributed by atoms with Gasteiger partial charge in [0.25, 0.3) is 5.91 Å². The highest BCUT2D eigenvalue weighted by molar-refractivity contribution is 6.33. The minimum Gasteiger partial charge on any atom is -0.493 e. The molecular formula is C17H17ClN2O3. The number of nitrogens with zero attached hydrogens (tertiary/aromatic N) is 1. The molecular weight excluding hydrogens is 316 g/mol. The number of rotatable bonds is 6. The van der Waals surface area contributed by atoms with E-state index in [9.17, 15) is 4.79 Å². The van der Waals surface area contributed by atoms with Gasteiger partial charge in [0, 0.05) is 0 Å². The van der Waals surface area contributed by atoms with Crippen LogP contribution in [0.15, 0.2) is 47.6 Å². The molecule has 1 amide bonds. The minimum atomic E-state index is -0.371. The fraction of sp³-hybridized carbons (Fsp3) is 0.176. The third kappa shape index (κ3) is 4.47. The van der Waals surface area contributed by atoms with E-state index in [4.69, 9.17) is 21.1 Å². The van der Waals surface area contributed by atoms with Crippen LogP contribution in [0.4, 0.5) is 0 Å². The molecule has 0 atom stereocenters. The highest BCUT2D eigenvalue weighted by Crippen LogP contribution is 2.27. The summed E-state index contributed by atoms with van der Waals surface area (Å²) in [4.78, 5) is 12.0. The normalized spacial score (nSPS) is 10.6. The maximum Gasteiger partial charge on any atom is 0.272 e. The van der Waals surface area contributed by atoms with Gasteiger partial charge in [-0.15, -0.1) is 0 Å². The number of hydrogen-bond acceptors (Lipinski definition) is 4. The summed E-state index contributed by atoms with van der Waals surface area (Å²) in [7, 11) is 1.57. The topological polar surface area (TPSA) is 59.9 Å². The number of nitrogens with one attached hydrogen (secondary N) is 1. The molecule has 0 aliphatic rings. The summed E-state index contributed by atoms with van der Waals surface area (Å²) in [5.41, 5.74) is 3.58. The predicted molar refractivity (Wildman–Crippen MR) is 90.7 cm³/mol. The van der Waals surface area contributed by atoms with Crippen LogP contribution >= 0.6 is 11.6 Å². The largest absolute Gasteiger partial charge is 0.493 e. The Labute approximate surface area is 139 Å². The van der Waals surface area contributed by atoms with E-state index in [1.54, 1.807) is 43.5 Å². The van der Waals surface area contributed by atoms with Crippen LogP contribution in [0.2, 0.25) is 5.02 Å². The number of methoxy groups -OCH3 is 1. The van der Waals surface area contributed by atoms with E-state index in [0.29, 0.717) is 28.7 Å². The Balaban J connectivity index is 2.06. The Morgan fingerprint density at radius 1 is 1.26 bits per heavy atom. The van der Waals surface area contributed by atoms with E-state index in [2.05, 4.69) is 10.5 Å². The van der Waals surface area contributed by atoms with Crippen molar-refractivity contribution in [3.8, 4) is 11.5 Å². The van der Waals surface area contributed by atoms with Crippen molar-refractivity contribution < 1.29 is 14.3 Å². The summed E-state index contributed by atoms with van der Waals surface area (Å²) in [5, 5.41) is 4.31. The van der Waals surface area contributed by atoms with Crippen LogP contribution in [-0.4, -0.2) is 25.8 Å². The quantitative estimate of drug-likeness (QED) is 0.650. The first-order valence-corrected chi connectivity index (χ1v) is 7.42. The lowest BCUT2D eigenvalue weighted by Gasteiger charge is -2.09. The third-order valence-electron chi connectivity index (χ3n) is 2.99. The van der Waals surface area contributed by atoms with Gasteiger partial charge in [0.05, 0.1) is 30.5 Å². The van der Waals surface area contributed by atoms with Crippen molar-refractivity contribution in [2.45, 2.75) is 6.92 Å². The number of hydrogen-bond donors (Lipinski definition) is 1. The number of benzene rings is 2. The van der Waals surface area contributed by atoms with E-state index in [1.165, 1.54) is 6.21 Å². The molecule has 23 heavy (non-hydrogen) atoms. The molecule has 0 aliphatic heterocycles. The number of carbonyl (C=O) groups is 1. The summed E-state index contributed by atoms with van der Waals surface area (Å²) >= 11 is 5.96. The van der Waals surface area contributed by atoms with Gasteiger partial charge in [0.1, 0.15) is 0 Å². The molecule has 0 spiro atoms. The van der Waals surface area contributed by atoms with Crippen LogP contribution < -0.4 is 14.9 Å². The van der Waals surface area contributed by atoms with E-state index in [1.807, 2.05) is 13.0 Å². The molecule has 0 fully saturated rings. The maximum absolute atomic E-state index is 12.0. The summed E-state index contributed by atoms with van der Waals surface area (Å²) in [6.45, 7) is 2.46. The fourth-order valence-corrected chi connectivity index (χ4v) is 2.13. The average Bonchev–Trinajstić information content (AvgIpc) is 2.56. The SMILES string of the molecule is CCOc1ccc(C=NNC(=O)c2ccccc2Cl)cc1OC. The molecule has 2 aromatic carbocycles. The van der Waals surface area contributed by atoms with Crippen LogP contribution in [0.5, 0.6) is 11.5 Å². The molecule has 0 radical (unpaired) electrons. The molecule has 0 aromatic heterocycles. The number of hydrazone groups is 1. The molecule has 0 heterocycles. The van der Waals surface area contributed by atoms with Gasteiger partial charge in [-0.1, -0.05) is 23.7 Å². The van der Waals surface area contributed by atoms with Crippen LogP contribution in [0.25, 0.3) is 0 Å². The summed E-state index contributed by atoms with van der Waals surface area (Å²) in [6, 6.07) is 12.2. The smallest absolute Gasteiger partial charge is 0.272 e. The molecule has 120 valence electrons. The molecule has 2 aromatic rings. The van der Waals surface area contributed by atoms with Gasteiger partial charge in [-0.25, -0.2) is 5.43 Å². The van der Waals surface area contributed by atoms with Gasteiger partial charge < -0.3 is 9.47 Å². The van der Waals surface area contributed by atoms with Crippen molar-refractivity contribution in [2.75, 3.05) is 13.7 Å². The van der Waals surface area contributed by atoms with Crippen molar-refractivity contribution in [1.82, 2.24) is 5.43 Å². The van der Waals surface area contributed by atoms with Gasteiger partial charge in [0.2, 0.25) is 0 Å². The lowest BCUT2D eigenvalue weighted by atomic mass is 10.2. The standard InChI is InChI=1S/C17H17ClN2O3/c1-3-23-15-9-8-12(10-16(15)22-2)11-19-20-17(21)13-6-4-5-7-14(13)18/h4-11H,3H2,1-2H3,(H,20,21). The van der Waals surface area contributed by atoms with E-state index in [-0.39, 0.29) is 5.91 Å². The van der Waals surface area contributed by atoms with Gasteiger partial charge >= 0.3 is 0 Å². The molecule has 0 saturated carbocycles. The highest BCUT2D eigenvalue weighted by atomic mass is 35.5. The zero-order valence-electron chi connectivity index (χ0n) is 12.9. The van der Waals surface area contributed by atoms with E-state index < -0.39 is 0 Å². The monoisotopic (exact) mass is 332 g/mol. The van der Waals surface area contributed by atoms with Crippen LogP contribution in [0.1, 0.15) is 22.8 Å². The molecule has 0 bridgehead atoms. The molecule has 0 unspecified atom stereocenters. The minimum absolute atomic E-state index is 0.371. The molecule has 1 N–H and O–H groups in total. The van der Waals surface area contributed by atoms with Crippen molar-refractivity contribution in [2.24, 2.45) is 5.10 Å². The zero-order valence-corrected chi connectivity index (χ0v) is 13.6. The molecule has 2 rings (SSSR count). The van der Waals surface area contributed by atoms with Crippen LogP contribution in [-0.2, 0) is 0 Å². The van der Waals surface area contributed by atoms with Crippen molar-refractivity contribution in [1.29, 1.82) is 0 Å². The van der Waals surface area contributed by atoms with Crippen LogP contribution in [0.3, 0.4) is 0 Å². The molecule has 5 nitrogen and oxygen atoms in total. The lowest BCUT2D eigenvalue weighted by molar-refractivity contribution is 0.0955. The predicted octanol–water partition coefficient (Wildman–Crippen LogP) is 3.51. The Hall–Kier alpha value is -2.53. The number of amides is 1.